The van der Waals surface area contributed by atoms with E-state index in [0.29, 0.717) is 0 Å². The van der Waals surface area contributed by atoms with Gasteiger partial charge >= 0.3 is 0 Å². The Bertz CT molecular complexity index is 62.1. The molecular weight excluding hydrogens is 120 g/mol. The van der Waals surface area contributed by atoms with Gasteiger partial charge in [0.05, 0.1) is 13.3 Å². The fourth-order valence-electron chi connectivity index (χ4n) is 0.820. The minimum absolute atomic E-state index is 1.07. The zero-order chi connectivity index (χ0) is 7.66. The van der Waals surface area contributed by atoms with Crippen molar-refractivity contribution in [2.75, 3.05) is 0 Å². The summed E-state index contributed by atoms with van der Waals surface area (Å²) in [7, 11) is 0. The van der Waals surface area contributed by atoms with Gasteiger partial charge in [-0.1, -0.05) is 31.9 Å². The molecule has 0 aromatic rings. The van der Waals surface area contributed by atoms with E-state index in [1.807, 2.05) is 0 Å². The molecule has 0 bridgehead atoms. The van der Waals surface area contributed by atoms with Crippen molar-refractivity contribution in [3.05, 3.63) is 19.1 Å². The van der Waals surface area contributed by atoms with Crippen LogP contribution in [0.5, 0.6) is 0 Å². The van der Waals surface area contributed by atoms with E-state index in [0.717, 1.165) is 6.42 Å². The highest BCUT2D eigenvalue weighted by Crippen LogP contribution is 1.99. The molecule has 0 atom stereocenters. The molecule has 0 aliphatic heterocycles. The number of hydrogen-bond acceptors (Lipinski definition) is 0. The van der Waals surface area contributed by atoms with E-state index in [4.69, 9.17) is 0 Å². The van der Waals surface area contributed by atoms with Gasteiger partial charge < -0.3 is 0 Å². The van der Waals surface area contributed by atoms with E-state index >= 15 is 0 Å². The molecule has 0 nitrogen and oxygen atoms in total. The van der Waals surface area contributed by atoms with Crippen LogP contribution < -0.4 is 0 Å². The fourth-order valence-corrected chi connectivity index (χ4v) is 0.820. The van der Waals surface area contributed by atoms with Crippen molar-refractivity contribution in [1.82, 2.24) is 0 Å². The lowest BCUT2D eigenvalue weighted by Crippen LogP contribution is -1.69. The third-order valence-electron chi connectivity index (χ3n) is 1.51. The summed E-state index contributed by atoms with van der Waals surface area (Å²) < 4.78 is 0. The Morgan fingerprint density at radius 2 is 1.70 bits per heavy atom. The van der Waals surface area contributed by atoms with Crippen molar-refractivity contribution in [1.29, 1.82) is 0 Å². The molecule has 0 saturated heterocycles. The van der Waals surface area contributed by atoms with Gasteiger partial charge in [0, 0.05) is 0 Å². The highest BCUT2D eigenvalue weighted by Gasteiger charge is 1.81. The van der Waals surface area contributed by atoms with E-state index in [9.17, 15) is 0 Å². The predicted molar refractivity (Wildman–Crippen MR) is 47.9 cm³/mol. The Balaban J connectivity index is 2.89. The summed E-state index contributed by atoms with van der Waals surface area (Å²) >= 11 is 0. The first-order valence-electron chi connectivity index (χ1n) is 4.36. The zero-order valence-corrected chi connectivity index (χ0v) is 7.10. The number of allylic oxidation sites excluding steroid dienone is 2. The molecule has 0 rings (SSSR count). The van der Waals surface area contributed by atoms with Crippen LogP contribution in [0.25, 0.3) is 0 Å². The summed E-state index contributed by atoms with van der Waals surface area (Å²) in [5.74, 6) is 0. The van der Waals surface area contributed by atoms with Gasteiger partial charge in [-0.25, -0.2) is 0 Å². The van der Waals surface area contributed by atoms with Crippen LogP contribution >= 0.6 is 0 Å². The monoisotopic (exact) mass is 139 g/mol. The van der Waals surface area contributed by atoms with Gasteiger partial charge in [-0.3, -0.25) is 0 Å². The molecule has 0 heterocycles. The summed E-state index contributed by atoms with van der Waals surface area (Å²) in [6.07, 6.45) is 12.0. The van der Waals surface area contributed by atoms with Crippen molar-refractivity contribution < 1.29 is 0 Å². The first-order chi connectivity index (χ1) is 4.91. The van der Waals surface area contributed by atoms with Crippen LogP contribution in [0.15, 0.2) is 12.2 Å². The Labute approximate surface area is 65.3 Å². The second-order valence-corrected chi connectivity index (χ2v) is 2.61. The van der Waals surface area contributed by atoms with Crippen LogP contribution in [-0.4, -0.2) is 0 Å². The number of unbranched alkanes of at least 4 members (excludes halogenated alkanes) is 4. The average Bonchev–Trinajstić information content (AvgIpc) is 1.97. The summed E-state index contributed by atoms with van der Waals surface area (Å²) in [6, 6.07) is 0. The largest absolute Gasteiger partial charge is 0.0885 e. The van der Waals surface area contributed by atoms with Crippen molar-refractivity contribution in [2.45, 2.75) is 45.4 Å². The number of rotatable bonds is 6. The molecule has 0 saturated carbocycles. The minimum atomic E-state index is 1.07. The smallest absolute Gasteiger partial charge is 0.0853 e. The molecule has 0 fully saturated rings. The minimum Gasteiger partial charge on any atom is -0.0885 e. The maximum atomic E-state index is 3.79. The molecule has 0 N–H and O–H groups in total. The second-order valence-electron chi connectivity index (χ2n) is 2.61. The maximum absolute atomic E-state index is 3.79. The van der Waals surface area contributed by atoms with Crippen LogP contribution in [0.3, 0.4) is 0 Å². The zero-order valence-electron chi connectivity index (χ0n) is 7.10. The molecule has 0 spiro atoms. The van der Waals surface area contributed by atoms with E-state index in [1.165, 1.54) is 32.1 Å². The van der Waals surface area contributed by atoms with E-state index < -0.39 is 0 Å². The van der Waals surface area contributed by atoms with Crippen molar-refractivity contribution in [3.8, 4) is 0 Å². The lowest BCUT2D eigenvalue weighted by Gasteiger charge is -1.87. The van der Waals surface area contributed by atoms with Gasteiger partial charge in [-0.05, 0) is 19.3 Å². The van der Waals surface area contributed by atoms with Gasteiger partial charge in [-0.2, -0.15) is 0 Å². The Morgan fingerprint density at radius 3 is 2.20 bits per heavy atom. The number of hydrogen-bond donors (Lipinski definition) is 0. The Hall–Kier alpha value is -0.390. The van der Waals surface area contributed by atoms with Gasteiger partial charge in [0.15, 0.2) is 0 Å². The molecule has 0 aromatic carbocycles. The standard InChI is InChI=1S/C10H19/c1-3-5-7-9-10-8-6-4-2/h9-10H,1,3-8H2,2H3/q+1/b10-9+. The molecule has 0 aliphatic carbocycles. The molecule has 58 valence electrons. The Kier molecular flexibility index (Phi) is 8.27. The molecule has 0 aromatic heterocycles. The molecule has 0 amide bonds. The quantitative estimate of drug-likeness (QED) is 0.299. The topological polar surface area (TPSA) is 0 Å². The summed E-state index contributed by atoms with van der Waals surface area (Å²) in [6.45, 7) is 6.01. The molecule has 0 unspecified atom stereocenters. The third-order valence-corrected chi connectivity index (χ3v) is 1.51. The lowest BCUT2D eigenvalue weighted by atomic mass is 10.2. The fraction of sp³-hybridized carbons (Fsp3) is 0.700. The van der Waals surface area contributed by atoms with Gasteiger partial charge in [0.2, 0.25) is 0 Å². The molecular formula is C10H19+. The highest BCUT2D eigenvalue weighted by atomic mass is 13.9. The molecule has 0 heteroatoms. The SMILES string of the molecule is [CH2+]CCC/C=C/CCCC. The molecule has 10 heavy (non-hydrogen) atoms. The van der Waals surface area contributed by atoms with Crippen molar-refractivity contribution >= 4 is 0 Å². The first-order valence-corrected chi connectivity index (χ1v) is 4.36. The van der Waals surface area contributed by atoms with Crippen LogP contribution in [0, 0.1) is 6.92 Å². The normalized spacial score (nSPS) is 10.9. The van der Waals surface area contributed by atoms with Crippen LogP contribution in [0.1, 0.15) is 45.4 Å². The summed E-state index contributed by atoms with van der Waals surface area (Å²) in [4.78, 5) is 0. The predicted octanol–water partition coefficient (Wildman–Crippen LogP) is 3.74. The van der Waals surface area contributed by atoms with Crippen LogP contribution in [0.2, 0.25) is 0 Å². The summed E-state index contributed by atoms with van der Waals surface area (Å²) in [5, 5.41) is 0. The Morgan fingerprint density at radius 1 is 1.10 bits per heavy atom. The van der Waals surface area contributed by atoms with Crippen LogP contribution in [-0.2, 0) is 0 Å². The first kappa shape index (κ1) is 9.61. The van der Waals surface area contributed by atoms with Gasteiger partial charge in [0.25, 0.3) is 0 Å². The average molecular weight is 139 g/mol. The second kappa shape index (κ2) is 8.61. The lowest BCUT2D eigenvalue weighted by molar-refractivity contribution is 0.805. The van der Waals surface area contributed by atoms with Gasteiger partial charge in [-0.15, -0.1) is 0 Å². The highest BCUT2D eigenvalue weighted by molar-refractivity contribution is 4.81. The van der Waals surface area contributed by atoms with Gasteiger partial charge in [0.1, 0.15) is 0 Å². The maximum Gasteiger partial charge on any atom is 0.0853 e. The third kappa shape index (κ3) is 7.61. The van der Waals surface area contributed by atoms with Crippen molar-refractivity contribution in [3.63, 3.8) is 0 Å². The molecule has 0 aliphatic rings. The van der Waals surface area contributed by atoms with E-state index in [1.54, 1.807) is 0 Å². The van der Waals surface area contributed by atoms with Crippen molar-refractivity contribution in [2.24, 2.45) is 0 Å². The van der Waals surface area contributed by atoms with E-state index in [-0.39, 0.29) is 0 Å². The summed E-state index contributed by atoms with van der Waals surface area (Å²) in [5.41, 5.74) is 0. The van der Waals surface area contributed by atoms with E-state index in [2.05, 4.69) is 26.0 Å². The van der Waals surface area contributed by atoms with Crippen LogP contribution in [0.4, 0.5) is 0 Å². The molecule has 0 radical (unpaired) electrons.